The summed E-state index contributed by atoms with van der Waals surface area (Å²) in [7, 11) is 1.71. The van der Waals surface area contributed by atoms with Crippen LogP contribution in [0.5, 0.6) is 5.75 Å². The maximum absolute atomic E-state index is 5.26. The van der Waals surface area contributed by atoms with Gasteiger partial charge < -0.3 is 15.0 Å². The van der Waals surface area contributed by atoms with Gasteiger partial charge in [-0.1, -0.05) is 6.07 Å². The highest BCUT2D eigenvalue weighted by Crippen LogP contribution is 2.21. The third-order valence-electron chi connectivity index (χ3n) is 3.13. The first-order valence-electron chi connectivity index (χ1n) is 5.92. The third kappa shape index (κ3) is 2.67. The molecular formula is C13H20N2O. The van der Waals surface area contributed by atoms with Gasteiger partial charge in [-0.05, 0) is 25.5 Å². The number of benzene rings is 1. The Labute approximate surface area is 97.4 Å². The zero-order valence-corrected chi connectivity index (χ0v) is 10.1. The Kier molecular flexibility index (Phi) is 3.67. The lowest BCUT2D eigenvalue weighted by atomic mass is 10.2. The lowest BCUT2D eigenvalue weighted by Gasteiger charge is -2.22. The zero-order chi connectivity index (χ0) is 11.4. The number of nitrogens with zero attached hydrogens (tertiary/aromatic N) is 1. The number of ether oxygens (including phenoxy) is 1. The molecule has 1 aliphatic heterocycles. The van der Waals surface area contributed by atoms with Gasteiger partial charge in [-0.25, -0.2) is 0 Å². The van der Waals surface area contributed by atoms with Gasteiger partial charge in [-0.3, -0.25) is 0 Å². The van der Waals surface area contributed by atoms with Gasteiger partial charge in [0.15, 0.2) is 0 Å². The molecule has 0 aromatic heterocycles. The van der Waals surface area contributed by atoms with Crippen LogP contribution in [0.4, 0.5) is 5.69 Å². The monoisotopic (exact) mass is 220 g/mol. The van der Waals surface area contributed by atoms with Gasteiger partial charge in [-0.2, -0.15) is 0 Å². The summed E-state index contributed by atoms with van der Waals surface area (Å²) in [6.45, 7) is 5.48. The molecule has 1 aromatic carbocycles. The van der Waals surface area contributed by atoms with E-state index in [1.165, 1.54) is 12.1 Å². The molecule has 3 nitrogen and oxygen atoms in total. The van der Waals surface area contributed by atoms with Crippen molar-refractivity contribution >= 4 is 5.69 Å². The molecule has 1 N–H and O–H groups in total. The summed E-state index contributed by atoms with van der Waals surface area (Å²) in [6, 6.07) is 8.92. The van der Waals surface area contributed by atoms with Gasteiger partial charge in [0, 0.05) is 37.4 Å². The van der Waals surface area contributed by atoms with Crippen molar-refractivity contribution < 1.29 is 4.74 Å². The second-order valence-electron chi connectivity index (χ2n) is 4.33. The number of rotatable bonds is 2. The molecule has 0 radical (unpaired) electrons. The van der Waals surface area contributed by atoms with Gasteiger partial charge >= 0.3 is 0 Å². The molecule has 1 saturated heterocycles. The Hall–Kier alpha value is -1.22. The van der Waals surface area contributed by atoms with E-state index in [2.05, 4.69) is 35.3 Å². The van der Waals surface area contributed by atoms with Gasteiger partial charge in [0.2, 0.25) is 0 Å². The molecule has 3 heteroatoms. The van der Waals surface area contributed by atoms with E-state index in [0.717, 1.165) is 25.4 Å². The molecule has 1 aliphatic rings. The van der Waals surface area contributed by atoms with E-state index in [1.54, 1.807) is 7.11 Å². The summed E-state index contributed by atoms with van der Waals surface area (Å²) in [5.74, 6) is 0.933. The average molecular weight is 220 g/mol. The Morgan fingerprint density at radius 3 is 3.06 bits per heavy atom. The Balaban J connectivity index is 2.10. The normalized spacial score (nSPS) is 21.6. The molecule has 0 spiro atoms. The predicted molar refractivity (Wildman–Crippen MR) is 67.3 cm³/mol. The van der Waals surface area contributed by atoms with E-state index >= 15 is 0 Å². The molecule has 1 aromatic rings. The number of methoxy groups -OCH3 is 1. The second-order valence-corrected chi connectivity index (χ2v) is 4.33. The molecule has 2 rings (SSSR count). The molecule has 0 bridgehead atoms. The van der Waals surface area contributed by atoms with Crippen molar-refractivity contribution in [3.63, 3.8) is 0 Å². The first-order chi connectivity index (χ1) is 7.79. The summed E-state index contributed by atoms with van der Waals surface area (Å²) in [5.41, 5.74) is 1.26. The maximum atomic E-state index is 5.26. The minimum Gasteiger partial charge on any atom is -0.497 e. The number of hydrogen-bond donors (Lipinski definition) is 1. The molecule has 88 valence electrons. The van der Waals surface area contributed by atoms with Crippen LogP contribution in [0.2, 0.25) is 0 Å². The van der Waals surface area contributed by atoms with Crippen LogP contribution in [-0.2, 0) is 0 Å². The number of nitrogens with one attached hydrogen (secondary N) is 1. The zero-order valence-electron chi connectivity index (χ0n) is 10.1. The summed E-state index contributed by atoms with van der Waals surface area (Å²) < 4.78 is 5.26. The molecular weight excluding hydrogens is 200 g/mol. The van der Waals surface area contributed by atoms with Crippen molar-refractivity contribution in [1.29, 1.82) is 0 Å². The van der Waals surface area contributed by atoms with Gasteiger partial charge in [0.25, 0.3) is 0 Å². The first kappa shape index (κ1) is 11.3. The van der Waals surface area contributed by atoms with Gasteiger partial charge in [0.05, 0.1) is 7.11 Å². The Morgan fingerprint density at radius 2 is 2.25 bits per heavy atom. The SMILES string of the molecule is COc1cccc(N2CCNC(C)CC2)c1. The standard InChI is InChI=1S/C13H20N2O/c1-11-6-8-15(9-7-14-11)12-4-3-5-13(10-12)16-2/h3-5,10-11,14H,6-9H2,1-2H3. The van der Waals surface area contributed by atoms with Crippen LogP contribution in [-0.4, -0.2) is 32.8 Å². The van der Waals surface area contributed by atoms with Crippen molar-refractivity contribution in [1.82, 2.24) is 5.32 Å². The highest BCUT2D eigenvalue weighted by Gasteiger charge is 2.13. The predicted octanol–water partition coefficient (Wildman–Crippen LogP) is 1.88. The third-order valence-corrected chi connectivity index (χ3v) is 3.13. The average Bonchev–Trinajstić information content (AvgIpc) is 2.54. The Morgan fingerprint density at radius 1 is 1.38 bits per heavy atom. The van der Waals surface area contributed by atoms with Crippen LogP contribution < -0.4 is 15.0 Å². The highest BCUT2D eigenvalue weighted by atomic mass is 16.5. The van der Waals surface area contributed by atoms with E-state index in [1.807, 2.05) is 6.07 Å². The molecule has 0 aliphatic carbocycles. The molecule has 1 atom stereocenters. The molecule has 0 amide bonds. The molecule has 16 heavy (non-hydrogen) atoms. The van der Waals surface area contributed by atoms with E-state index in [-0.39, 0.29) is 0 Å². The van der Waals surface area contributed by atoms with Crippen LogP contribution in [0, 0.1) is 0 Å². The van der Waals surface area contributed by atoms with Crippen LogP contribution in [0.15, 0.2) is 24.3 Å². The van der Waals surface area contributed by atoms with Gasteiger partial charge in [-0.15, -0.1) is 0 Å². The van der Waals surface area contributed by atoms with Crippen molar-refractivity contribution in [3.8, 4) is 5.75 Å². The van der Waals surface area contributed by atoms with E-state index in [0.29, 0.717) is 6.04 Å². The van der Waals surface area contributed by atoms with E-state index in [9.17, 15) is 0 Å². The van der Waals surface area contributed by atoms with Crippen molar-refractivity contribution in [2.75, 3.05) is 31.6 Å². The van der Waals surface area contributed by atoms with Crippen LogP contribution >= 0.6 is 0 Å². The topological polar surface area (TPSA) is 24.5 Å². The lowest BCUT2D eigenvalue weighted by Crippen LogP contribution is -2.28. The molecule has 1 heterocycles. The fraction of sp³-hybridized carbons (Fsp3) is 0.538. The molecule has 1 fully saturated rings. The summed E-state index contributed by atoms with van der Waals surface area (Å²) >= 11 is 0. The highest BCUT2D eigenvalue weighted by molar-refractivity contribution is 5.50. The van der Waals surface area contributed by atoms with E-state index in [4.69, 9.17) is 4.74 Å². The smallest absolute Gasteiger partial charge is 0.120 e. The number of hydrogen-bond acceptors (Lipinski definition) is 3. The minimum atomic E-state index is 0.621. The summed E-state index contributed by atoms with van der Waals surface area (Å²) in [5, 5.41) is 3.50. The summed E-state index contributed by atoms with van der Waals surface area (Å²) in [4.78, 5) is 2.42. The molecule has 0 saturated carbocycles. The van der Waals surface area contributed by atoms with Crippen molar-refractivity contribution in [3.05, 3.63) is 24.3 Å². The van der Waals surface area contributed by atoms with E-state index < -0.39 is 0 Å². The minimum absolute atomic E-state index is 0.621. The maximum Gasteiger partial charge on any atom is 0.120 e. The van der Waals surface area contributed by atoms with Crippen molar-refractivity contribution in [2.24, 2.45) is 0 Å². The quantitative estimate of drug-likeness (QED) is 0.823. The summed E-state index contributed by atoms with van der Waals surface area (Å²) in [6.07, 6.45) is 1.19. The van der Waals surface area contributed by atoms with Gasteiger partial charge in [0.1, 0.15) is 5.75 Å². The van der Waals surface area contributed by atoms with Crippen molar-refractivity contribution in [2.45, 2.75) is 19.4 Å². The first-order valence-corrected chi connectivity index (χ1v) is 5.92. The fourth-order valence-corrected chi connectivity index (χ4v) is 2.07. The van der Waals surface area contributed by atoms with Crippen LogP contribution in [0.25, 0.3) is 0 Å². The van der Waals surface area contributed by atoms with Crippen LogP contribution in [0.3, 0.4) is 0 Å². The lowest BCUT2D eigenvalue weighted by molar-refractivity contribution is 0.415. The Bertz CT molecular complexity index is 340. The number of anilines is 1. The second kappa shape index (κ2) is 5.21. The largest absolute Gasteiger partial charge is 0.497 e. The van der Waals surface area contributed by atoms with Crippen LogP contribution in [0.1, 0.15) is 13.3 Å². The molecule has 1 unspecified atom stereocenters. The fourth-order valence-electron chi connectivity index (χ4n) is 2.07.